The van der Waals surface area contributed by atoms with Gasteiger partial charge in [0.15, 0.2) is 0 Å². The van der Waals surface area contributed by atoms with Gasteiger partial charge in [0, 0.05) is 11.8 Å². The van der Waals surface area contributed by atoms with Crippen molar-refractivity contribution < 1.29 is 18.7 Å². The SMILES string of the molecule is NC(=O)CC(=O)Nc1ccc(COc2cccc(F)c2)cc1. The van der Waals surface area contributed by atoms with Gasteiger partial charge in [-0.05, 0) is 29.8 Å². The first-order valence-electron chi connectivity index (χ1n) is 6.58. The number of carbonyl (C=O) groups is 2. The average Bonchev–Trinajstić information content (AvgIpc) is 2.46. The molecule has 0 radical (unpaired) electrons. The quantitative estimate of drug-likeness (QED) is 0.803. The smallest absolute Gasteiger partial charge is 0.233 e. The van der Waals surface area contributed by atoms with Crippen LogP contribution in [0.2, 0.25) is 0 Å². The molecule has 0 saturated heterocycles. The number of hydrogen-bond acceptors (Lipinski definition) is 3. The van der Waals surface area contributed by atoms with Crippen molar-refractivity contribution in [3.8, 4) is 5.75 Å². The van der Waals surface area contributed by atoms with E-state index in [-0.39, 0.29) is 18.8 Å². The average molecular weight is 302 g/mol. The van der Waals surface area contributed by atoms with Crippen LogP contribution >= 0.6 is 0 Å². The van der Waals surface area contributed by atoms with Crippen LogP contribution in [0.15, 0.2) is 48.5 Å². The van der Waals surface area contributed by atoms with Crippen molar-refractivity contribution in [3.63, 3.8) is 0 Å². The number of amides is 2. The predicted molar refractivity (Wildman–Crippen MR) is 79.6 cm³/mol. The maximum absolute atomic E-state index is 13.0. The highest BCUT2D eigenvalue weighted by Crippen LogP contribution is 2.15. The van der Waals surface area contributed by atoms with Gasteiger partial charge < -0.3 is 15.8 Å². The van der Waals surface area contributed by atoms with Gasteiger partial charge in [0.05, 0.1) is 0 Å². The van der Waals surface area contributed by atoms with Crippen LogP contribution in [0.4, 0.5) is 10.1 Å². The molecule has 2 aromatic carbocycles. The summed E-state index contributed by atoms with van der Waals surface area (Å²) in [4.78, 5) is 22.0. The minimum Gasteiger partial charge on any atom is -0.489 e. The van der Waals surface area contributed by atoms with Gasteiger partial charge in [0.2, 0.25) is 11.8 Å². The molecule has 114 valence electrons. The molecular weight excluding hydrogens is 287 g/mol. The van der Waals surface area contributed by atoms with E-state index in [1.54, 1.807) is 36.4 Å². The highest BCUT2D eigenvalue weighted by atomic mass is 19.1. The minimum atomic E-state index is -0.683. The zero-order chi connectivity index (χ0) is 15.9. The first-order chi connectivity index (χ1) is 10.5. The summed E-state index contributed by atoms with van der Waals surface area (Å²) in [6, 6.07) is 12.8. The Balaban J connectivity index is 1.89. The molecule has 0 aliphatic carbocycles. The van der Waals surface area contributed by atoms with Gasteiger partial charge in [-0.15, -0.1) is 0 Å². The number of primary amides is 1. The molecule has 22 heavy (non-hydrogen) atoms. The Kier molecular flexibility index (Phi) is 5.08. The third-order valence-corrected chi connectivity index (χ3v) is 2.77. The van der Waals surface area contributed by atoms with E-state index in [9.17, 15) is 14.0 Å². The van der Waals surface area contributed by atoms with Crippen LogP contribution < -0.4 is 15.8 Å². The Bertz CT molecular complexity index is 671. The molecule has 0 aliphatic heterocycles. The number of ether oxygens (including phenoxy) is 1. The lowest BCUT2D eigenvalue weighted by molar-refractivity contribution is -0.124. The van der Waals surface area contributed by atoms with Crippen LogP contribution in [0.25, 0.3) is 0 Å². The van der Waals surface area contributed by atoms with Crippen LogP contribution in [0.5, 0.6) is 5.75 Å². The van der Waals surface area contributed by atoms with Gasteiger partial charge in [-0.3, -0.25) is 9.59 Å². The second-order valence-electron chi connectivity index (χ2n) is 4.63. The van der Waals surface area contributed by atoms with Gasteiger partial charge in [0.1, 0.15) is 24.6 Å². The van der Waals surface area contributed by atoms with E-state index >= 15 is 0 Å². The minimum absolute atomic E-state index is 0.277. The molecule has 0 bridgehead atoms. The molecule has 2 aromatic rings. The summed E-state index contributed by atoms with van der Waals surface area (Å²) in [6.07, 6.45) is -0.357. The molecule has 0 heterocycles. The molecular formula is C16H15FN2O3. The number of hydrogen-bond donors (Lipinski definition) is 2. The van der Waals surface area contributed by atoms with E-state index in [0.717, 1.165) is 5.56 Å². The molecule has 0 atom stereocenters. The number of nitrogens with two attached hydrogens (primary N) is 1. The van der Waals surface area contributed by atoms with Crippen molar-refractivity contribution in [2.45, 2.75) is 13.0 Å². The van der Waals surface area contributed by atoms with E-state index in [0.29, 0.717) is 11.4 Å². The summed E-state index contributed by atoms with van der Waals surface area (Å²) in [6.45, 7) is 0.277. The van der Waals surface area contributed by atoms with E-state index in [1.165, 1.54) is 12.1 Å². The molecule has 2 amide bonds. The van der Waals surface area contributed by atoms with Crippen molar-refractivity contribution >= 4 is 17.5 Å². The fourth-order valence-electron chi connectivity index (χ4n) is 1.77. The number of anilines is 1. The summed E-state index contributed by atoms with van der Waals surface area (Å²) >= 11 is 0. The van der Waals surface area contributed by atoms with Gasteiger partial charge in [0.25, 0.3) is 0 Å². The molecule has 0 saturated carbocycles. The summed E-state index contributed by atoms with van der Waals surface area (Å²) < 4.78 is 18.5. The van der Waals surface area contributed by atoms with Crippen molar-refractivity contribution in [1.29, 1.82) is 0 Å². The fourth-order valence-corrected chi connectivity index (χ4v) is 1.77. The number of benzene rings is 2. The van der Waals surface area contributed by atoms with Crippen molar-refractivity contribution in [2.75, 3.05) is 5.32 Å². The second kappa shape index (κ2) is 7.21. The summed E-state index contributed by atoms with van der Waals surface area (Å²) in [5, 5.41) is 2.55. The van der Waals surface area contributed by atoms with Gasteiger partial charge in [-0.1, -0.05) is 18.2 Å². The first-order valence-corrected chi connectivity index (χ1v) is 6.58. The number of halogens is 1. The van der Waals surface area contributed by atoms with Crippen LogP contribution in [-0.4, -0.2) is 11.8 Å². The highest BCUT2D eigenvalue weighted by molar-refractivity contribution is 6.03. The molecule has 3 N–H and O–H groups in total. The molecule has 0 fully saturated rings. The molecule has 0 aromatic heterocycles. The van der Waals surface area contributed by atoms with E-state index in [4.69, 9.17) is 10.5 Å². The first kappa shape index (κ1) is 15.5. The van der Waals surface area contributed by atoms with Gasteiger partial charge in [-0.2, -0.15) is 0 Å². The molecule has 0 spiro atoms. The van der Waals surface area contributed by atoms with Crippen molar-refractivity contribution in [3.05, 3.63) is 59.9 Å². The predicted octanol–water partition coefficient (Wildman–Crippen LogP) is 2.22. The monoisotopic (exact) mass is 302 g/mol. The fraction of sp³-hybridized carbons (Fsp3) is 0.125. The lowest BCUT2D eigenvalue weighted by atomic mass is 10.2. The standard InChI is InChI=1S/C16H15FN2O3/c17-12-2-1-3-14(8-12)22-10-11-4-6-13(7-5-11)19-16(21)9-15(18)20/h1-8H,9-10H2,(H2,18,20)(H,19,21). The maximum atomic E-state index is 13.0. The Morgan fingerprint density at radius 2 is 1.86 bits per heavy atom. The molecule has 0 aliphatic rings. The molecule has 2 rings (SSSR count). The lowest BCUT2D eigenvalue weighted by Crippen LogP contribution is -2.21. The zero-order valence-electron chi connectivity index (χ0n) is 11.7. The van der Waals surface area contributed by atoms with Crippen LogP contribution in [-0.2, 0) is 16.2 Å². The Labute approximate surface area is 126 Å². The second-order valence-corrected chi connectivity index (χ2v) is 4.63. The number of rotatable bonds is 6. The van der Waals surface area contributed by atoms with Gasteiger partial charge in [-0.25, -0.2) is 4.39 Å². The third kappa shape index (κ3) is 4.90. The summed E-state index contributed by atoms with van der Waals surface area (Å²) in [5.74, 6) is -1.06. The van der Waals surface area contributed by atoms with Crippen molar-refractivity contribution in [2.24, 2.45) is 5.73 Å². The van der Waals surface area contributed by atoms with E-state index in [1.807, 2.05) is 0 Å². The zero-order valence-corrected chi connectivity index (χ0v) is 11.7. The molecule has 6 heteroatoms. The van der Waals surface area contributed by atoms with Crippen LogP contribution in [0.1, 0.15) is 12.0 Å². The van der Waals surface area contributed by atoms with E-state index < -0.39 is 11.8 Å². The van der Waals surface area contributed by atoms with Gasteiger partial charge >= 0.3 is 0 Å². The largest absolute Gasteiger partial charge is 0.489 e. The summed E-state index contributed by atoms with van der Waals surface area (Å²) in [5.41, 5.74) is 6.35. The Morgan fingerprint density at radius 1 is 1.14 bits per heavy atom. The Morgan fingerprint density at radius 3 is 2.50 bits per heavy atom. The van der Waals surface area contributed by atoms with Crippen LogP contribution in [0, 0.1) is 5.82 Å². The number of carbonyl (C=O) groups excluding carboxylic acids is 2. The maximum Gasteiger partial charge on any atom is 0.233 e. The Hall–Kier alpha value is -2.89. The number of nitrogens with one attached hydrogen (secondary N) is 1. The lowest BCUT2D eigenvalue weighted by Gasteiger charge is -2.08. The normalized spacial score (nSPS) is 10.0. The summed E-state index contributed by atoms with van der Waals surface area (Å²) in [7, 11) is 0. The van der Waals surface area contributed by atoms with E-state index in [2.05, 4.69) is 5.32 Å². The molecule has 0 unspecified atom stereocenters. The molecule has 5 nitrogen and oxygen atoms in total. The van der Waals surface area contributed by atoms with Crippen molar-refractivity contribution in [1.82, 2.24) is 0 Å². The van der Waals surface area contributed by atoms with Crippen LogP contribution in [0.3, 0.4) is 0 Å². The third-order valence-electron chi connectivity index (χ3n) is 2.77. The highest BCUT2D eigenvalue weighted by Gasteiger charge is 2.06. The topological polar surface area (TPSA) is 81.4 Å².